The summed E-state index contributed by atoms with van der Waals surface area (Å²) in [6.45, 7) is 10.7. The molecule has 2 aromatic rings. The molecule has 33 heavy (non-hydrogen) atoms. The van der Waals surface area contributed by atoms with Crippen LogP contribution >= 0.6 is 11.6 Å². The highest BCUT2D eigenvalue weighted by Gasteiger charge is 2.43. The van der Waals surface area contributed by atoms with Crippen LogP contribution < -0.4 is 15.5 Å². The van der Waals surface area contributed by atoms with Crippen molar-refractivity contribution < 1.29 is 4.79 Å². The highest BCUT2D eigenvalue weighted by Crippen LogP contribution is 2.49. The highest BCUT2D eigenvalue weighted by molar-refractivity contribution is 6.30. The number of halogens is 1. The molecular weight excluding hydrogens is 436 g/mol. The Balaban J connectivity index is 1.18. The van der Waals surface area contributed by atoms with Gasteiger partial charge >= 0.3 is 0 Å². The van der Waals surface area contributed by atoms with Gasteiger partial charge in [0.25, 0.3) is 0 Å². The van der Waals surface area contributed by atoms with Gasteiger partial charge in [-0.25, -0.2) is 15.0 Å². The molecule has 7 nitrogen and oxygen atoms in total. The van der Waals surface area contributed by atoms with Crippen molar-refractivity contribution in [3.63, 3.8) is 0 Å². The molecule has 0 spiro atoms. The number of hydrogen-bond acceptors (Lipinski definition) is 6. The summed E-state index contributed by atoms with van der Waals surface area (Å²) in [6.07, 6.45) is 10.1. The van der Waals surface area contributed by atoms with Gasteiger partial charge in [0.1, 0.15) is 5.82 Å². The van der Waals surface area contributed by atoms with Crippen molar-refractivity contribution in [3.8, 4) is 0 Å². The van der Waals surface area contributed by atoms with E-state index in [0.717, 1.165) is 54.6 Å². The first-order valence-electron chi connectivity index (χ1n) is 11.9. The minimum absolute atomic E-state index is 0.0230. The van der Waals surface area contributed by atoms with Crippen LogP contribution in [0.5, 0.6) is 0 Å². The van der Waals surface area contributed by atoms with E-state index in [1.54, 1.807) is 12.4 Å². The van der Waals surface area contributed by atoms with Crippen molar-refractivity contribution in [2.75, 3.05) is 35.2 Å². The second-order valence-electron chi connectivity index (χ2n) is 10.5. The molecule has 1 saturated carbocycles. The number of carbonyl (C=O) groups is 1. The van der Waals surface area contributed by atoms with Gasteiger partial charge < -0.3 is 15.5 Å². The van der Waals surface area contributed by atoms with Crippen LogP contribution in [0, 0.1) is 30.1 Å². The first kappa shape index (κ1) is 23.7. The molecule has 4 rings (SSSR count). The van der Waals surface area contributed by atoms with Gasteiger partial charge in [-0.2, -0.15) is 0 Å². The topological polar surface area (TPSA) is 83.0 Å². The highest BCUT2D eigenvalue weighted by atomic mass is 35.5. The zero-order valence-corrected chi connectivity index (χ0v) is 20.8. The Kier molecular flexibility index (Phi) is 7.07. The maximum absolute atomic E-state index is 12.2. The fraction of sp³-hybridized carbons (Fsp3) is 0.600. The number of pyridine rings is 1. The summed E-state index contributed by atoms with van der Waals surface area (Å²) in [7, 11) is 0. The van der Waals surface area contributed by atoms with Crippen molar-refractivity contribution in [3.05, 3.63) is 35.2 Å². The van der Waals surface area contributed by atoms with Gasteiger partial charge in [0, 0.05) is 25.0 Å². The van der Waals surface area contributed by atoms with Crippen LogP contribution in [0.2, 0.25) is 5.02 Å². The minimum atomic E-state index is -0.438. The number of anilines is 3. The number of aryl methyl sites for hydroxylation is 1. The molecule has 2 aromatic heterocycles. The zero-order chi connectivity index (χ0) is 23.6. The summed E-state index contributed by atoms with van der Waals surface area (Å²) >= 11 is 5.90. The van der Waals surface area contributed by atoms with E-state index >= 15 is 0 Å². The van der Waals surface area contributed by atoms with E-state index < -0.39 is 5.41 Å². The Labute approximate surface area is 201 Å². The fourth-order valence-electron chi connectivity index (χ4n) is 4.68. The molecular formula is C25H35ClN6O. The van der Waals surface area contributed by atoms with Crippen molar-refractivity contribution in [1.29, 1.82) is 0 Å². The summed E-state index contributed by atoms with van der Waals surface area (Å²) < 4.78 is 0. The SMILES string of the molecule is Cc1cc(NCC[C@@H]2C[C@@H]2C2CCN(c3ncc(Cl)cn3)CC2)cnc1NC(=O)C(C)(C)C. The minimum Gasteiger partial charge on any atom is -0.384 e. The van der Waals surface area contributed by atoms with Gasteiger partial charge in [-0.1, -0.05) is 32.4 Å². The average Bonchev–Trinajstić information content (AvgIpc) is 3.55. The van der Waals surface area contributed by atoms with Crippen LogP contribution in [0.1, 0.15) is 52.0 Å². The lowest BCUT2D eigenvalue weighted by Gasteiger charge is -2.32. The molecule has 0 unspecified atom stereocenters. The fourth-order valence-corrected chi connectivity index (χ4v) is 4.77. The molecule has 0 radical (unpaired) electrons. The quantitative estimate of drug-likeness (QED) is 0.580. The first-order chi connectivity index (χ1) is 15.7. The molecule has 0 aromatic carbocycles. The largest absolute Gasteiger partial charge is 0.384 e. The molecule has 2 atom stereocenters. The number of amides is 1. The Morgan fingerprint density at radius 2 is 1.85 bits per heavy atom. The Morgan fingerprint density at radius 1 is 1.15 bits per heavy atom. The number of rotatable bonds is 7. The molecule has 1 aliphatic heterocycles. The van der Waals surface area contributed by atoms with Gasteiger partial charge in [0.15, 0.2) is 0 Å². The average molecular weight is 471 g/mol. The van der Waals surface area contributed by atoms with Crippen LogP contribution in [0.15, 0.2) is 24.7 Å². The summed E-state index contributed by atoms with van der Waals surface area (Å²) in [6, 6.07) is 2.06. The Hall–Kier alpha value is -2.41. The molecule has 3 heterocycles. The molecule has 2 fully saturated rings. The lowest BCUT2D eigenvalue weighted by molar-refractivity contribution is -0.123. The van der Waals surface area contributed by atoms with Gasteiger partial charge in [-0.05, 0) is 62.0 Å². The van der Waals surface area contributed by atoms with Gasteiger partial charge in [-0.3, -0.25) is 4.79 Å². The molecule has 0 bridgehead atoms. The summed E-state index contributed by atoms with van der Waals surface area (Å²) in [5, 5.41) is 7.02. The third-order valence-corrected chi connectivity index (χ3v) is 7.04. The number of nitrogens with one attached hydrogen (secondary N) is 2. The van der Waals surface area contributed by atoms with Crippen LogP contribution in [-0.4, -0.2) is 40.5 Å². The third kappa shape index (κ3) is 6.14. The van der Waals surface area contributed by atoms with Crippen LogP contribution in [-0.2, 0) is 4.79 Å². The van der Waals surface area contributed by atoms with E-state index in [9.17, 15) is 4.79 Å². The lowest BCUT2D eigenvalue weighted by atomic mass is 9.90. The van der Waals surface area contributed by atoms with Gasteiger partial charge in [0.05, 0.1) is 29.3 Å². The van der Waals surface area contributed by atoms with Crippen LogP contribution in [0.4, 0.5) is 17.5 Å². The molecule has 1 aliphatic carbocycles. The van der Waals surface area contributed by atoms with E-state index in [1.807, 2.05) is 33.9 Å². The lowest BCUT2D eigenvalue weighted by Crippen LogP contribution is -2.35. The summed E-state index contributed by atoms with van der Waals surface area (Å²) in [5.41, 5.74) is 1.54. The molecule has 2 aliphatic rings. The number of nitrogens with zero attached hydrogens (tertiary/aromatic N) is 4. The van der Waals surface area contributed by atoms with Crippen molar-refractivity contribution in [2.45, 2.75) is 53.4 Å². The number of hydrogen-bond donors (Lipinski definition) is 2. The van der Waals surface area contributed by atoms with Crippen molar-refractivity contribution in [2.24, 2.45) is 23.2 Å². The van der Waals surface area contributed by atoms with Gasteiger partial charge in [-0.15, -0.1) is 0 Å². The standard InChI is InChI=1S/C25H35ClN6O/c1-16-11-20(15-28-22(16)31-23(33)25(2,3)4)27-8-5-18-12-21(18)17-6-9-32(10-7-17)24-29-13-19(26)14-30-24/h11,13-15,17-18,21,27H,5-10,12H2,1-4H3,(H,28,31,33)/t18-,21-/m1/s1. The predicted octanol–water partition coefficient (Wildman–Crippen LogP) is 5.17. The second kappa shape index (κ2) is 9.84. The second-order valence-corrected chi connectivity index (χ2v) is 10.9. The molecule has 1 amide bonds. The van der Waals surface area contributed by atoms with E-state index in [4.69, 9.17) is 11.6 Å². The zero-order valence-electron chi connectivity index (χ0n) is 20.1. The monoisotopic (exact) mass is 470 g/mol. The maximum atomic E-state index is 12.2. The van der Waals surface area contributed by atoms with E-state index in [0.29, 0.717) is 10.8 Å². The molecule has 8 heteroatoms. The maximum Gasteiger partial charge on any atom is 0.230 e. The molecule has 2 N–H and O–H groups in total. The summed E-state index contributed by atoms with van der Waals surface area (Å²) in [4.78, 5) is 27.6. The van der Waals surface area contributed by atoms with E-state index in [-0.39, 0.29) is 5.91 Å². The molecule has 1 saturated heterocycles. The predicted molar refractivity (Wildman–Crippen MR) is 134 cm³/mol. The van der Waals surface area contributed by atoms with Crippen molar-refractivity contribution >= 4 is 35.0 Å². The Morgan fingerprint density at radius 3 is 2.48 bits per heavy atom. The van der Waals surface area contributed by atoms with Crippen molar-refractivity contribution in [1.82, 2.24) is 15.0 Å². The number of piperidine rings is 1. The Bertz CT molecular complexity index is 966. The normalized spacial score (nSPS) is 21.1. The summed E-state index contributed by atoms with van der Waals surface area (Å²) in [5.74, 6) is 3.90. The number of carbonyl (C=O) groups excluding carboxylic acids is 1. The molecule has 178 valence electrons. The van der Waals surface area contributed by atoms with Gasteiger partial charge in [0.2, 0.25) is 11.9 Å². The first-order valence-corrected chi connectivity index (χ1v) is 12.3. The van der Waals surface area contributed by atoms with E-state index in [2.05, 4.69) is 36.6 Å². The third-order valence-electron chi connectivity index (χ3n) is 6.85. The van der Waals surface area contributed by atoms with E-state index in [1.165, 1.54) is 25.7 Å². The van der Waals surface area contributed by atoms with Crippen LogP contribution in [0.25, 0.3) is 0 Å². The number of aromatic nitrogens is 3. The van der Waals surface area contributed by atoms with Crippen LogP contribution in [0.3, 0.4) is 0 Å². The smallest absolute Gasteiger partial charge is 0.230 e.